The molecule has 0 atom stereocenters. The van der Waals surface area contributed by atoms with Crippen molar-refractivity contribution in [1.82, 2.24) is 14.8 Å². The molecule has 4 rings (SSSR count). The Morgan fingerprint density at radius 3 is 2.63 bits per heavy atom. The van der Waals surface area contributed by atoms with Crippen molar-refractivity contribution in [2.75, 3.05) is 13.1 Å². The van der Waals surface area contributed by atoms with E-state index in [-0.39, 0.29) is 11.9 Å². The summed E-state index contributed by atoms with van der Waals surface area (Å²) in [5.74, 6) is 0.0639. The quantitative estimate of drug-likeness (QED) is 0.723. The highest BCUT2D eigenvalue weighted by Gasteiger charge is 2.21. The highest BCUT2D eigenvalue weighted by Crippen LogP contribution is 2.20. The number of carbonyl (C=O) groups excluding carboxylic acids is 1. The van der Waals surface area contributed by atoms with Gasteiger partial charge in [-0.1, -0.05) is 48.0 Å². The second-order valence-corrected chi connectivity index (χ2v) is 7.69. The van der Waals surface area contributed by atoms with E-state index in [4.69, 9.17) is 11.6 Å². The minimum atomic E-state index is 0.0639. The summed E-state index contributed by atoms with van der Waals surface area (Å²) in [6.45, 7) is 3.34. The molecule has 3 aromatic rings. The van der Waals surface area contributed by atoms with Crippen molar-refractivity contribution >= 4 is 28.4 Å². The van der Waals surface area contributed by atoms with Crippen molar-refractivity contribution in [2.24, 2.45) is 0 Å². The fraction of sp³-hybridized carbons (Fsp3) is 0.318. The summed E-state index contributed by atoms with van der Waals surface area (Å²) in [5, 5.41) is 4.99. The number of hydrogen-bond acceptors (Lipinski definition) is 2. The zero-order chi connectivity index (χ0) is 18.6. The van der Waals surface area contributed by atoms with E-state index in [1.165, 1.54) is 5.56 Å². The van der Waals surface area contributed by atoms with Crippen LogP contribution in [-0.4, -0.2) is 34.5 Å². The molecule has 1 N–H and O–H groups in total. The van der Waals surface area contributed by atoms with Gasteiger partial charge in [0.05, 0.1) is 0 Å². The molecule has 1 aromatic heterocycles. The second-order valence-electron chi connectivity index (χ2n) is 7.25. The van der Waals surface area contributed by atoms with Gasteiger partial charge in [0.1, 0.15) is 6.54 Å². The number of nitrogens with zero attached hydrogens (tertiary/aromatic N) is 2. The van der Waals surface area contributed by atoms with Crippen LogP contribution in [0.1, 0.15) is 18.4 Å². The minimum Gasteiger partial charge on any atom is -0.352 e. The number of amides is 1. The molecule has 4 nitrogen and oxygen atoms in total. The van der Waals surface area contributed by atoms with Gasteiger partial charge in [-0.2, -0.15) is 0 Å². The molecule has 0 spiro atoms. The molecule has 140 valence electrons. The normalized spacial score (nSPS) is 15.9. The van der Waals surface area contributed by atoms with Crippen molar-refractivity contribution in [2.45, 2.75) is 32.0 Å². The molecule has 1 amide bonds. The number of benzene rings is 2. The smallest absolute Gasteiger partial charge is 0.240 e. The maximum Gasteiger partial charge on any atom is 0.240 e. The lowest BCUT2D eigenvalue weighted by Gasteiger charge is -2.32. The number of likely N-dealkylation sites (tertiary alicyclic amines) is 1. The predicted octanol–water partition coefficient (Wildman–Crippen LogP) is 4.08. The van der Waals surface area contributed by atoms with Crippen LogP contribution in [0.4, 0.5) is 0 Å². The molecular weight excluding hydrogens is 358 g/mol. The first-order valence-electron chi connectivity index (χ1n) is 9.47. The molecule has 0 bridgehead atoms. The average molecular weight is 382 g/mol. The van der Waals surface area contributed by atoms with E-state index in [0.717, 1.165) is 43.4 Å². The lowest BCUT2D eigenvalue weighted by Crippen LogP contribution is -2.45. The number of halogens is 1. The van der Waals surface area contributed by atoms with E-state index in [2.05, 4.69) is 34.5 Å². The Bertz CT molecular complexity index is 914. The van der Waals surface area contributed by atoms with Gasteiger partial charge in [0.15, 0.2) is 0 Å². The van der Waals surface area contributed by atoms with Gasteiger partial charge in [0, 0.05) is 42.4 Å². The molecule has 5 heteroatoms. The summed E-state index contributed by atoms with van der Waals surface area (Å²) in [7, 11) is 0. The monoisotopic (exact) mass is 381 g/mol. The zero-order valence-corrected chi connectivity index (χ0v) is 16.0. The topological polar surface area (TPSA) is 37.3 Å². The first-order valence-corrected chi connectivity index (χ1v) is 9.85. The van der Waals surface area contributed by atoms with Crippen molar-refractivity contribution in [3.63, 3.8) is 0 Å². The van der Waals surface area contributed by atoms with Crippen LogP contribution in [0.2, 0.25) is 5.02 Å². The third kappa shape index (κ3) is 4.52. The lowest BCUT2D eigenvalue weighted by molar-refractivity contribution is -0.122. The fourth-order valence-corrected chi connectivity index (χ4v) is 3.97. The maximum atomic E-state index is 12.5. The fourth-order valence-electron chi connectivity index (χ4n) is 3.80. The Morgan fingerprint density at radius 2 is 1.85 bits per heavy atom. The van der Waals surface area contributed by atoms with E-state index < -0.39 is 0 Å². The summed E-state index contributed by atoms with van der Waals surface area (Å²) in [6, 6.07) is 18.6. The Kier molecular flexibility index (Phi) is 5.46. The summed E-state index contributed by atoms with van der Waals surface area (Å²) >= 11 is 6.09. The van der Waals surface area contributed by atoms with Crippen LogP contribution < -0.4 is 5.32 Å². The highest BCUT2D eigenvalue weighted by atomic mass is 35.5. The van der Waals surface area contributed by atoms with Crippen LogP contribution in [0.5, 0.6) is 0 Å². The predicted molar refractivity (Wildman–Crippen MR) is 110 cm³/mol. The van der Waals surface area contributed by atoms with Crippen molar-refractivity contribution in [1.29, 1.82) is 0 Å². The van der Waals surface area contributed by atoms with Crippen LogP contribution in [-0.2, 0) is 17.9 Å². The van der Waals surface area contributed by atoms with Crippen molar-refractivity contribution in [3.8, 4) is 0 Å². The summed E-state index contributed by atoms with van der Waals surface area (Å²) < 4.78 is 1.96. The maximum absolute atomic E-state index is 12.5. The van der Waals surface area contributed by atoms with Gasteiger partial charge in [-0.05, 0) is 42.0 Å². The van der Waals surface area contributed by atoms with Crippen LogP contribution >= 0.6 is 11.6 Å². The van der Waals surface area contributed by atoms with E-state index in [0.29, 0.717) is 11.6 Å². The molecule has 0 radical (unpaired) electrons. The second kappa shape index (κ2) is 8.15. The first kappa shape index (κ1) is 18.1. The van der Waals surface area contributed by atoms with E-state index in [9.17, 15) is 4.79 Å². The zero-order valence-electron chi connectivity index (χ0n) is 15.3. The van der Waals surface area contributed by atoms with Gasteiger partial charge in [-0.3, -0.25) is 9.69 Å². The Hall–Kier alpha value is -2.30. The lowest BCUT2D eigenvalue weighted by atomic mass is 10.0. The summed E-state index contributed by atoms with van der Waals surface area (Å²) in [4.78, 5) is 15.0. The van der Waals surface area contributed by atoms with Gasteiger partial charge in [-0.25, -0.2) is 0 Å². The third-order valence-electron chi connectivity index (χ3n) is 5.25. The van der Waals surface area contributed by atoms with Crippen molar-refractivity contribution < 1.29 is 4.79 Å². The summed E-state index contributed by atoms with van der Waals surface area (Å²) in [5.41, 5.74) is 2.34. The van der Waals surface area contributed by atoms with Gasteiger partial charge >= 0.3 is 0 Å². The molecule has 27 heavy (non-hydrogen) atoms. The van der Waals surface area contributed by atoms with E-state index >= 15 is 0 Å². The highest BCUT2D eigenvalue weighted by molar-refractivity contribution is 6.31. The Balaban J connectivity index is 1.28. The molecule has 2 aromatic carbocycles. The molecule has 0 aliphatic carbocycles. The van der Waals surface area contributed by atoms with Gasteiger partial charge in [-0.15, -0.1) is 0 Å². The molecule has 1 aliphatic rings. The van der Waals surface area contributed by atoms with Crippen LogP contribution in [0.25, 0.3) is 10.9 Å². The molecule has 1 saturated heterocycles. The van der Waals surface area contributed by atoms with Crippen LogP contribution in [0.3, 0.4) is 0 Å². The van der Waals surface area contributed by atoms with E-state index in [1.807, 2.05) is 41.1 Å². The van der Waals surface area contributed by atoms with Gasteiger partial charge < -0.3 is 9.88 Å². The van der Waals surface area contributed by atoms with Crippen LogP contribution in [0.15, 0.2) is 60.8 Å². The number of hydrogen-bond donors (Lipinski definition) is 1. The molecule has 0 unspecified atom stereocenters. The molecule has 1 fully saturated rings. The average Bonchev–Trinajstić information content (AvgIpc) is 3.06. The van der Waals surface area contributed by atoms with Crippen molar-refractivity contribution in [3.05, 3.63) is 71.4 Å². The number of aromatic nitrogens is 1. The molecular formula is C22H24ClN3O. The largest absolute Gasteiger partial charge is 0.352 e. The molecule has 2 heterocycles. The number of rotatable bonds is 5. The standard InChI is InChI=1S/C22H24ClN3O/c23-19-7-6-18-8-13-26(21(18)14-19)16-22(27)24-20-9-11-25(12-10-20)15-17-4-2-1-3-5-17/h1-8,13-14,20H,9-12,15-16H2,(H,24,27). The molecule has 0 saturated carbocycles. The van der Waals surface area contributed by atoms with Gasteiger partial charge in [0.2, 0.25) is 5.91 Å². The number of carbonyl (C=O) groups is 1. The Labute approximate surface area is 164 Å². The first-order chi connectivity index (χ1) is 13.2. The minimum absolute atomic E-state index is 0.0639. The number of piperidine rings is 1. The molecule has 1 aliphatic heterocycles. The SMILES string of the molecule is O=C(Cn1ccc2ccc(Cl)cc21)NC1CCN(Cc2ccccc2)CC1. The van der Waals surface area contributed by atoms with E-state index in [1.54, 1.807) is 0 Å². The number of fused-ring (bicyclic) bond motifs is 1. The number of nitrogens with one attached hydrogen (secondary N) is 1. The Morgan fingerprint density at radius 1 is 1.07 bits per heavy atom. The van der Waals surface area contributed by atoms with Crippen LogP contribution in [0, 0.1) is 0 Å². The third-order valence-corrected chi connectivity index (χ3v) is 5.49. The van der Waals surface area contributed by atoms with Gasteiger partial charge in [0.25, 0.3) is 0 Å². The summed E-state index contributed by atoms with van der Waals surface area (Å²) in [6.07, 6.45) is 3.94.